The zero-order valence-electron chi connectivity index (χ0n) is 12.6. The Morgan fingerprint density at radius 2 is 1.59 bits per heavy atom. The Labute approximate surface area is 131 Å². The Hall–Kier alpha value is 1.29. The molecule has 17 heavy (non-hydrogen) atoms. The summed E-state index contributed by atoms with van der Waals surface area (Å²) in [6, 6.07) is 2.44. The third kappa shape index (κ3) is 8.14. The van der Waals surface area contributed by atoms with E-state index < -0.39 is 16.6 Å². The van der Waals surface area contributed by atoms with Gasteiger partial charge < -0.3 is 4.12 Å². The van der Waals surface area contributed by atoms with Crippen molar-refractivity contribution < 1.29 is 4.12 Å². The molecule has 106 valence electrons. The molecule has 0 spiro atoms. The van der Waals surface area contributed by atoms with Crippen LogP contribution in [0.5, 0.6) is 0 Å². The SMILES string of the molecule is C=C(CC)[Si](C)(CCC)O[Si](C)(C)CC.I.P. The Balaban J connectivity index is -0.000000980. The maximum absolute atomic E-state index is 6.55. The third-order valence-corrected chi connectivity index (χ3v) is 12.3. The lowest BCUT2D eigenvalue weighted by Gasteiger charge is -2.37. The van der Waals surface area contributed by atoms with E-state index in [4.69, 9.17) is 4.12 Å². The van der Waals surface area contributed by atoms with Crippen LogP contribution < -0.4 is 0 Å². The van der Waals surface area contributed by atoms with Gasteiger partial charge in [0.2, 0.25) is 8.32 Å². The predicted molar refractivity (Wildman–Crippen MR) is 102 cm³/mol. The number of allylic oxidation sites excluding steroid dienone is 1. The van der Waals surface area contributed by atoms with Crippen molar-refractivity contribution in [3.63, 3.8) is 0 Å². The van der Waals surface area contributed by atoms with Gasteiger partial charge in [-0.05, 0) is 38.2 Å². The molecule has 0 amide bonds. The van der Waals surface area contributed by atoms with Gasteiger partial charge in [-0.25, -0.2) is 0 Å². The van der Waals surface area contributed by atoms with Crippen LogP contribution in [0.2, 0.25) is 31.7 Å². The maximum Gasteiger partial charge on any atom is 0.204 e. The van der Waals surface area contributed by atoms with Crippen LogP contribution >= 0.6 is 33.9 Å². The smallest absolute Gasteiger partial charge is 0.204 e. The van der Waals surface area contributed by atoms with Gasteiger partial charge in [0.15, 0.2) is 8.32 Å². The number of hydrogen-bond acceptors (Lipinski definition) is 1. The largest absolute Gasteiger partial charge is 0.452 e. The molecule has 0 aliphatic rings. The molecule has 0 aromatic carbocycles. The summed E-state index contributed by atoms with van der Waals surface area (Å²) >= 11 is 0. The fraction of sp³-hybridized carbons (Fsp3) is 0.833. The fourth-order valence-electron chi connectivity index (χ4n) is 1.83. The van der Waals surface area contributed by atoms with Crippen LogP contribution in [0.25, 0.3) is 0 Å². The second-order valence-electron chi connectivity index (χ2n) is 5.15. The summed E-state index contributed by atoms with van der Waals surface area (Å²) in [5.74, 6) is 0. The highest BCUT2D eigenvalue weighted by molar-refractivity contribution is 14.0. The fourth-order valence-corrected chi connectivity index (χ4v) is 10.3. The van der Waals surface area contributed by atoms with Gasteiger partial charge in [0.05, 0.1) is 0 Å². The van der Waals surface area contributed by atoms with E-state index in [0.29, 0.717) is 0 Å². The van der Waals surface area contributed by atoms with Gasteiger partial charge in [-0.15, -0.1) is 30.6 Å². The van der Waals surface area contributed by atoms with Gasteiger partial charge in [-0.1, -0.05) is 32.4 Å². The topological polar surface area (TPSA) is 9.23 Å². The van der Waals surface area contributed by atoms with E-state index in [-0.39, 0.29) is 33.9 Å². The van der Waals surface area contributed by atoms with E-state index >= 15 is 0 Å². The van der Waals surface area contributed by atoms with Crippen molar-refractivity contribution in [1.82, 2.24) is 0 Å². The summed E-state index contributed by atoms with van der Waals surface area (Å²) in [6.07, 6.45) is 2.30. The molecule has 2 atom stereocenters. The van der Waals surface area contributed by atoms with Crippen molar-refractivity contribution in [3.8, 4) is 0 Å². The van der Waals surface area contributed by atoms with Crippen LogP contribution in [-0.4, -0.2) is 16.6 Å². The molecule has 0 heterocycles. The molecule has 2 unspecified atom stereocenters. The first-order valence-electron chi connectivity index (χ1n) is 6.19. The van der Waals surface area contributed by atoms with Crippen LogP contribution in [0.15, 0.2) is 11.8 Å². The van der Waals surface area contributed by atoms with Gasteiger partial charge in [0.25, 0.3) is 0 Å². The second-order valence-corrected chi connectivity index (χ2v) is 13.9. The van der Waals surface area contributed by atoms with E-state index in [1.165, 1.54) is 23.7 Å². The summed E-state index contributed by atoms with van der Waals surface area (Å²) in [6.45, 7) is 18.0. The second kappa shape index (κ2) is 10.1. The minimum absolute atomic E-state index is 0. The lowest BCUT2D eigenvalue weighted by molar-refractivity contribution is 0.537. The predicted octanol–water partition coefficient (Wildman–Crippen LogP) is 5.39. The highest BCUT2D eigenvalue weighted by Gasteiger charge is 2.36. The highest BCUT2D eigenvalue weighted by atomic mass is 127. The van der Waals surface area contributed by atoms with E-state index in [1.807, 2.05) is 0 Å². The van der Waals surface area contributed by atoms with Crippen LogP contribution in [0.3, 0.4) is 0 Å². The molecule has 0 saturated heterocycles. The van der Waals surface area contributed by atoms with Crippen LogP contribution in [0.4, 0.5) is 0 Å². The Kier molecular flexibility index (Phi) is 13.9. The first-order valence-corrected chi connectivity index (χ1v) is 11.9. The van der Waals surface area contributed by atoms with E-state index in [1.54, 1.807) is 0 Å². The average Bonchev–Trinajstić information content (AvgIpc) is 2.16. The summed E-state index contributed by atoms with van der Waals surface area (Å²) in [5.41, 5.74) is 0. The van der Waals surface area contributed by atoms with Crippen LogP contribution in [0.1, 0.15) is 33.6 Å². The van der Waals surface area contributed by atoms with E-state index in [0.717, 1.165) is 6.42 Å². The Morgan fingerprint density at radius 3 is 1.88 bits per heavy atom. The number of halogens is 1. The minimum atomic E-state index is -1.64. The molecule has 0 aliphatic heterocycles. The quantitative estimate of drug-likeness (QED) is 0.313. The molecule has 0 saturated carbocycles. The van der Waals surface area contributed by atoms with Crippen molar-refractivity contribution in [2.45, 2.75) is 65.3 Å². The van der Waals surface area contributed by atoms with Crippen LogP contribution in [0, 0.1) is 0 Å². The summed E-state index contributed by atoms with van der Waals surface area (Å²) < 4.78 is 6.55. The van der Waals surface area contributed by atoms with E-state index in [9.17, 15) is 0 Å². The lowest BCUT2D eigenvalue weighted by atomic mass is 10.5. The lowest BCUT2D eigenvalue weighted by Crippen LogP contribution is -2.47. The van der Waals surface area contributed by atoms with Gasteiger partial charge in [0, 0.05) is 0 Å². The minimum Gasteiger partial charge on any atom is -0.452 e. The molecule has 0 aromatic rings. The molecular weight excluding hydrogens is 374 g/mol. The summed E-state index contributed by atoms with van der Waals surface area (Å²) in [5, 5.41) is 1.39. The molecule has 0 radical (unpaired) electrons. The normalized spacial score (nSPS) is 14.2. The van der Waals surface area contributed by atoms with Gasteiger partial charge >= 0.3 is 0 Å². The number of hydrogen-bond donors (Lipinski definition) is 0. The van der Waals surface area contributed by atoms with Gasteiger partial charge in [-0.3, -0.25) is 0 Å². The first kappa shape index (κ1) is 23.4. The molecule has 0 rings (SSSR count). The van der Waals surface area contributed by atoms with Crippen molar-refractivity contribution >= 4 is 50.5 Å². The summed E-state index contributed by atoms with van der Waals surface area (Å²) in [4.78, 5) is 0. The van der Waals surface area contributed by atoms with Crippen molar-refractivity contribution in [1.29, 1.82) is 0 Å². The van der Waals surface area contributed by atoms with Gasteiger partial charge in [0.1, 0.15) is 0 Å². The molecule has 0 aromatic heterocycles. The zero-order chi connectivity index (χ0) is 12.1. The molecule has 1 nitrogen and oxygen atoms in total. The molecular formula is C12H32IOPSi2. The van der Waals surface area contributed by atoms with Crippen LogP contribution in [-0.2, 0) is 4.12 Å². The number of rotatable bonds is 7. The highest BCUT2D eigenvalue weighted by Crippen LogP contribution is 2.29. The Morgan fingerprint density at radius 1 is 1.12 bits per heavy atom. The Bertz CT molecular complexity index is 225. The maximum atomic E-state index is 6.55. The third-order valence-electron chi connectivity index (χ3n) is 3.25. The van der Waals surface area contributed by atoms with Crippen molar-refractivity contribution in [3.05, 3.63) is 11.8 Å². The van der Waals surface area contributed by atoms with Crippen molar-refractivity contribution in [2.75, 3.05) is 0 Å². The zero-order valence-corrected chi connectivity index (χ0v) is 18.3. The summed E-state index contributed by atoms with van der Waals surface area (Å²) in [7, 11) is -3.07. The molecule has 0 N–H and O–H groups in total. The standard InChI is InChI=1S/C12H28OSi2.HI.H3P/c1-8-11-15(7,12(4)9-2)13-14(5,6)10-3;;/h4,8-11H2,1-3,5-7H3;1H;1H3. The molecule has 5 heteroatoms. The van der Waals surface area contributed by atoms with Crippen molar-refractivity contribution in [2.24, 2.45) is 0 Å². The van der Waals surface area contributed by atoms with E-state index in [2.05, 4.69) is 47.0 Å². The monoisotopic (exact) mass is 406 g/mol. The average molecular weight is 406 g/mol. The first-order chi connectivity index (χ1) is 6.81. The molecule has 0 aliphatic carbocycles. The molecule has 0 fully saturated rings. The van der Waals surface area contributed by atoms with Gasteiger partial charge in [-0.2, -0.15) is 9.90 Å². The molecule has 0 bridgehead atoms.